The first-order valence-corrected chi connectivity index (χ1v) is 7.59. The lowest BCUT2D eigenvalue weighted by atomic mass is 10.2. The second kappa shape index (κ2) is 7.15. The van der Waals surface area contributed by atoms with E-state index in [-0.39, 0.29) is 11.7 Å². The summed E-state index contributed by atoms with van der Waals surface area (Å²) in [5.74, 6) is 0.460. The molecule has 0 aliphatic heterocycles. The highest BCUT2D eigenvalue weighted by atomic mass is 35.5. The highest BCUT2D eigenvalue weighted by Crippen LogP contribution is 2.29. The smallest absolute Gasteiger partial charge is 0.248 e. The van der Waals surface area contributed by atoms with E-state index < -0.39 is 0 Å². The van der Waals surface area contributed by atoms with Gasteiger partial charge < -0.3 is 9.73 Å². The van der Waals surface area contributed by atoms with Crippen LogP contribution in [0, 0.1) is 5.82 Å². The molecule has 24 heavy (non-hydrogen) atoms. The molecule has 0 saturated carbocycles. The van der Waals surface area contributed by atoms with Gasteiger partial charge in [0.25, 0.3) is 0 Å². The van der Waals surface area contributed by atoms with Crippen LogP contribution in [0.15, 0.2) is 71.2 Å². The lowest BCUT2D eigenvalue weighted by molar-refractivity contribution is -0.111. The van der Waals surface area contributed by atoms with E-state index in [4.69, 9.17) is 16.0 Å². The van der Waals surface area contributed by atoms with Gasteiger partial charge in [0.2, 0.25) is 5.91 Å². The van der Waals surface area contributed by atoms with E-state index in [2.05, 4.69) is 5.32 Å². The topological polar surface area (TPSA) is 42.2 Å². The maximum Gasteiger partial charge on any atom is 0.248 e. The summed E-state index contributed by atoms with van der Waals surface area (Å²) in [5.41, 5.74) is 1.30. The molecule has 120 valence electrons. The standard InChI is InChI=1S/C19H13ClFNO2/c20-17-4-2-1-3-16(17)18-11-9-15(24-18)10-12-19(23)22-14-7-5-13(21)6-8-14/h1-12H,(H,22,23)/b12-10+. The van der Waals surface area contributed by atoms with Crippen LogP contribution in [0.4, 0.5) is 10.1 Å². The van der Waals surface area contributed by atoms with Crippen molar-refractivity contribution in [1.82, 2.24) is 0 Å². The molecule has 0 aliphatic rings. The minimum atomic E-state index is -0.355. The fraction of sp³-hybridized carbons (Fsp3) is 0. The zero-order chi connectivity index (χ0) is 16.9. The fourth-order valence-corrected chi connectivity index (χ4v) is 2.35. The predicted molar refractivity (Wildman–Crippen MR) is 93.2 cm³/mol. The monoisotopic (exact) mass is 341 g/mol. The highest BCUT2D eigenvalue weighted by Gasteiger charge is 2.07. The van der Waals surface area contributed by atoms with Crippen molar-refractivity contribution in [3.63, 3.8) is 0 Å². The summed E-state index contributed by atoms with van der Waals surface area (Å²) >= 11 is 6.13. The summed E-state index contributed by atoms with van der Waals surface area (Å²) in [6.45, 7) is 0. The zero-order valence-electron chi connectivity index (χ0n) is 12.5. The highest BCUT2D eigenvalue weighted by molar-refractivity contribution is 6.33. The minimum Gasteiger partial charge on any atom is -0.457 e. The molecule has 3 nitrogen and oxygen atoms in total. The number of benzene rings is 2. The summed E-state index contributed by atoms with van der Waals surface area (Å²) in [4.78, 5) is 11.8. The molecule has 0 bridgehead atoms. The van der Waals surface area contributed by atoms with Gasteiger partial charge in [0, 0.05) is 17.3 Å². The van der Waals surface area contributed by atoms with Gasteiger partial charge in [-0.3, -0.25) is 4.79 Å². The molecule has 3 rings (SSSR count). The maximum atomic E-state index is 12.8. The van der Waals surface area contributed by atoms with Gasteiger partial charge >= 0.3 is 0 Å². The Hall–Kier alpha value is -2.85. The van der Waals surface area contributed by atoms with E-state index in [1.54, 1.807) is 24.3 Å². The Morgan fingerprint density at radius 3 is 2.54 bits per heavy atom. The molecule has 3 aromatic rings. The van der Waals surface area contributed by atoms with Crippen molar-refractivity contribution >= 4 is 29.3 Å². The molecule has 0 fully saturated rings. The first kappa shape index (κ1) is 16.0. The molecule has 1 N–H and O–H groups in total. The molecular weight excluding hydrogens is 329 g/mol. The molecule has 0 radical (unpaired) electrons. The van der Waals surface area contributed by atoms with E-state index >= 15 is 0 Å². The van der Waals surface area contributed by atoms with Crippen molar-refractivity contribution in [2.24, 2.45) is 0 Å². The van der Waals surface area contributed by atoms with E-state index in [1.807, 2.05) is 18.2 Å². The zero-order valence-corrected chi connectivity index (χ0v) is 13.3. The van der Waals surface area contributed by atoms with E-state index in [9.17, 15) is 9.18 Å². The molecule has 1 aromatic heterocycles. The molecule has 1 heterocycles. The van der Waals surface area contributed by atoms with Crippen LogP contribution in [0.1, 0.15) is 5.76 Å². The Bertz CT molecular complexity index is 884. The van der Waals surface area contributed by atoms with Crippen molar-refractivity contribution in [2.75, 3.05) is 5.32 Å². The Kier molecular flexibility index (Phi) is 4.77. The summed E-state index contributed by atoms with van der Waals surface area (Å²) in [6.07, 6.45) is 2.90. The SMILES string of the molecule is O=C(/C=C/c1ccc(-c2ccccc2Cl)o1)Nc1ccc(F)cc1. The third kappa shape index (κ3) is 3.91. The summed E-state index contributed by atoms with van der Waals surface area (Å²) in [6, 6.07) is 16.4. The minimum absolute atomic E-state index is 0.336. The quantitative estimate of drug-likeness (QED) is 0.646. The maximum absolute atomic E-state index is 12.8. The second-order valence-corrected chi connectivity index (χ2v) is 5.42. The first-order valence-electron chi connectivity index (χ1n) is 7.21. The van der Waals surface area contributed by atoms with Gasteiger partial charge in [0.1, 0.15) is 17.3 Å². The normalized spacial score (nSPS) is 10.9. The van der Waals surface area contributed by atoms with Crippen molar-refractivity contribution in [3.05, 3.63) is 83.3 Å². The number of carbonyl (C=O) groups excluding carboxylic acids is 1. The number of halogens is 2. The number of rotatable bonds is 4. The van der Waals surface area contributed by atoms with Gasteiger partial charge in [-0.15, -0.1) is 0 Å². The number of hydrogen-bond donors (Lipinski definition) is 1. The average molecular weight is 342 g/mol. The average Bonchev–Trinajstić information content (AvgIpc) is 3.04. The van der Waals surface area contributed by atoms with Crippen LogP contribution in [0.3, 0.4) is 0 Å². The van der Waals surface area contributed by atoms with Gasteiger partial charge in [-0.05, 0) is 54.6 Å². The largest absolute Gasteiger partial charge is 0.457 e. The van der Waals surface area contributed by atoms with Gasteiger partial charge in [0.05, 0.1) is 5.02 Å². The Morgan fingerprint density at radius 2 is 1.79 bits per heavy atom. The fourth-order valence-electron chi connectivity index (χ4n) is 2.12. The molecule has 1 amide bonds. The van der Waals surface area contributed by atoms with E-state index in [0.717, 1.165) is 5.56 Å². The molecule has 0 aliphatic carbocycles. The number of nitrogens with one attached hydrogen (secondary N) is 1. The summed E-state index contributed by atoms with van der Waals surface area (Å²) in [5, 5.41) is 3.23. The lowest BCUT2D eigenvalue weighted by Crippen LogP contribution is -2.07. The molecule has 0 unspecified atom stereocenters. The number of carbonyl (C=O) groups is 1. The van der Waals surface area contributed by atoms with Crippen LogP contribution in [-0.4, -0.2) is 5.91 Å². The van der Waals surface area contributed by atoms with Gasteiger partial charge in [-0.25, -0.2) is 4.39 Å². The predicted octanol–water partition coefficient (Wildman–Crippen LogP) is 5.39. The third-order valence-electron chi connectivity index (χ3n) is 3.28. The van der Waals surface area contributed by atoms with Crippen molar-refractivity contribution < 1.29 is 13.6 Å². The molecule has 2 aromatic carbocycles. The van der Waals surface area contributed by atoms with E-state index in [0.29, 0.717) is 22.2 Å². The van der Waals surface area contributed by atoms with Gasteiger partial charge in [-0.2, -0.15) is 0 Å². The molecule has 0 saturated heterocycles. The molecule has 0 atom stereocenters. The number of furan rings is 1. The third-order valence-corrected chi connectivity index (χ3v) is 3.61. The Balaban J connectivity index is 1.68. The first-order chi connectivity index (χ1) is 11.6. The van der Waals surface area contributed by atoms with Crippen molar-refractivity contribution in [3.8, 4) is 11.3 Å². The van der Waals surface area contributed by atoms with Gasteiger partial charge in [0.15, 0.2) is 0 Å². The van der Waals surface area contributed by atoms with Gasteiger partial charge in [-0.1, -0.05) is 23.7 Å². The number of hydrogen-bond acceptors (Lipinski definition) is 2. The van der Waals surface area contributed by atoms with Crippen molar-refractivity contribution in [1.29, 1.82) is 0 Å². The van der Waals surface area contributed by atoms with Crippen LogP contribution < -0.4 is 5.32 Å². The van der Waals surface area contributed by atoms with E-state index in [1.165, 1.54) is 30.3 Å². The molecule has 5 heteroatoms. The molecular formula is C19H13ClFNO2. The van der Waals surface area contributed by atoms with Crippen LogP contribution >= 0.6 is 11.6 Å². The van der Waals surface area contributed by atoms with Crippen LogP contribution in [0.25, 0.3) is 17.4 Å². The Morgan fingerprint density at radius 1 is 1.04 bits per heavy atom. The lowest BCUT2D eigenvalue weighted by Gasteiger charge is -2.01. The molecule has 0 spiro atoms. The number of amides is 1. The summed E-state index contributed by atoms with van der Waals surface area (Å²) < 4.78 is 18.5. The van der Waals surface area contributed by atoms with Crippen LogP contribution in [-0.2, 0) is 4.79 Å². The number of anilines is 1. The Labute approximate surface area is 143 Å². The second-order valence-electron chi connectivity index (χ2n) is 5.01. The summed E-state index contributed by atoms with van der Waals surface area (Å²) in [7, 11) is 0. The van der Waals surface area contributed by atoms with Crippen molar-refractivity contribution in [2.45, 2.75) is 0 Å². The van der Waals surface area contributed by atoms with Crippen LogP contribution in [0.5, 0.6) is 0 Å². The van der Waals surface area contributed by atoms with Crippen LogP contribution in [0.2, 0.25) is 5.02 Å².